The van der Waals surface area contributed by atoms with E-state index >= 15 is 0 Å². The number of hydrogen-bond donors (Lipinski definition) is 3. The van der Waals surface area contributed by atoms with Gasteiger partial charge >= 0.3 is 6.18 Å². The molecule has 0 bridgehead atoms. The maximum absolute atomic E-state index is 12.7. The minimum atomic E-state index is -4.63. The lowest BCUT2D eigenvalue weighted by Crippen LogP contribution is -2.35. The molecule has 0 aliphatic heterocycles. The molecule has 0 unspecified atom stereocenters. The number of carbonyl (C=O) groups excluding carboxylic acids is 1. The molecule has 2 aromatic rings. The van der Waals surface area contributed by atoms with E-state index in [-0.39, 0.29) is 10.1 Å². The molecule has 1 heterocycles. The molecule has 0 saturated heterocycles. The van der Waals surface area contributed by atoms with Crippen LogP contribution in [0, 0.1) is 0 Å². The molecule has 156 valence electrons. The van der Waals surface area contributed by atoms with Crippen molar-refractivity contribution in [1.82, 2.24) is 10.3 Å². The highest BCUT2D eigenvalue weighted by molar-refractivity contribution is 7.80. The van der Waals surface area contributed by atoms with Gasteiger partial charge in [-0.3, -0.25) is 10.1 Å². The predicted octanol–water partition coefficient (Wildman–Crippen LogP) is 6.01. The van der Waals surface area contributed by atoms with Crippen LogP contribution >= 0.6 is 47.0 Å². The first-order chi connectivity index (χ1) is 13.5. The Kier molecular flexibility index (Phi) is 7.93. The number of hydrogen-bond acceptors (Lipinski definition) is 4. The average molecular weight is 486 g/mol. The van der Waals surface area contributed by atoms with Crippen molar-refractivity contribution in [2.75, 3.05) is 17.2 Å². The van der Waals surface area contributed by atoms with E-state index < -0.39 is 28.4 Å². The first-order valence-electron chi connectivity index (χ1n) is 8.11. The smallest absolute Gasteiger partial charge is 0.383 e. The lowest BCUT2D eigenvalue weighted by atomic mass is 10.2. The molecule has 2 rings (SSSR count). The van der Waals surface area contributed by atoms with Crippen LogP contribution in [0.15, 0.2) is 24.4 Å². The fourth-order valence-corrected chi connectivity index (χ4v) is 3.15. The van der Waals surface area contributed by atoms with Crippen LogP contribution in [0.25, 0.3) is 0 Å². The van der Waals surface area contributed by atoms with E-state index in [0.29, 0.717) is 35.2 Å². The van der Waals surface area contributed by atoms with Crippen molar-refractivity contribution < 1.29 is 18.0 Å². The van der Waals surface area contributed by atoms with Crippen molar-refractivity contribution >= 4 is 69.4 Å². The third-order valence-corrected chi connectivity index (χ3v) is 4.48. The van der Waals surface area contributed by atoms with Gasteiger partial charge in [0.05, 0.1) is 27.0 Å². The normalized spacial score (nSPS) is 11.1. The van der Waals surface area contributed by atoms with Gasteiger partial charge in [0.25, 0.3) is 5.91 Å². The number of carbonyl (C=O) groups is 1. The second-order valence-electron chi connectivity index (χ2n) is 5.70. The van der Waals surface area contributed by atoms with Crippen molar-refractivity contribution in [1.29, 1.82) is 0 Å². The van der Waals surface area contributed by atoms with E-state index in [2.05, 4.69) is 20.9 Å². The number of benzene rings is 1. The van der Waals surface area contributed by atoms with Gasteiger partial charge in [-0.1, -0.05) is 41.7 Å². The Morgan fingerprint density at radius 2 is 1.86 bits per heavy atom. The molecule has 0 aliphatic rings. The molecular weight excluding hydrogens is 472 g/mol. The summed E-state index contributed by atoms with van der Waals surface area (Å²) in [6, 6.07) is 3.73. The summed E-state index contributed by atoms with van der Waals surface area (Å²) in [7, 11) is 0. The summed E-state index contributed by atoms with van der Waals surface area (Å²) in [5, 5.41) is 8.22. The Labute approximate surface area is 184 Å². The molecule has 3 N–H and O–H groups in total. The quantitative estimate of drug-likeness (QED) is 0.453. The lowest BCUT2D eigenvalue weighted by molar-refractivity contribution is -0.137. The van der Waals surface area contributed by atoms with Gasteiger partial charge in [0.2, 0.25) is 0 Å². The zero-order valence-corrected chi connectivity index (χ0v) is 17.8. The lowest BCUT2D eigenvalue weighted by Gasteiger charge is -2.17. The summed E-state index contributed by atoms with van der Waals surface area (Å²) in [5.41, 5.74) is -0.539. The second kappa shape index (κ2) is 9.80. The highest BCUT2D eigenvalue weighted by Gasteiger charge is 2.32. The molecular formula is C17H14Cl3F3N4OS. The topological polar surface area (TPSA) is 66.0 Å². The molecule has 0 radical (unpaired) electrons. The third kappa shape index (κ3) is 6.33. The van der Waals surface area contributed by atoms with Crippen molar-refractivity contribution in [2.45, 2.75) is 19.5 Å². The van der Waals surface area contributed by atoms with Gasteiger partial charge in [0.15, 0.2) is 5.11 Å². The van der Waals surface area contributed by atoms with Crippen LogP contribution in [-0.4, -0.2) is 22.5 Å². The zero-order chi connectivity index (χ0) is 21.8. The van der Waals surface area contributed by atoms with Crippen molar-refractivity contribution in [2.24, 2.45) is 0 Å². The molecule has 0 atom stereocenters. The van der Waals surface area contributed by atoms with Gasteiger partial charge in [-0.2, -0.15) is 13.2 Å². The highest BCUT2D eigenvalue weighted by atomic mass is 35.5. The van der Waals surface area contributed by atoms with Crippen molar-refractivity contribution in [3.05, 3.63) is 50.7 Å². The fourth-order valence-electron chi connectivity index (χ4n) is 2.17. The number of alkyl halides is 3. The molecule has 0 fully saturated rings. The molecule has 1 amide bonds. The minimum Gasteiger partial charge on any atom is -0.383 e. The SMILES string of the molecule is CCCNc1cc(Cl)cc(Cl)c1NC(=S)NC(=O)c1ncc(C(F)(F)F)cc1Cl. The van der Waals surface area contributed by atoms with Gasteiger partial charge in [-0.15, -0.1) is 0 Å². The van der Waals surface area contributed by atoms with Crippen LogP contribution in [0.5, 0.6) is 0 Å². The van der Waals surface area contributed by atoms with E-state index in [1.54, 1.807) is 6.07 Å². The van der Waals surface area contributed by atoms with Gasteiger partial charge in [-0.25, -0.2) is 4.98 Å². The Bertz CT molecular complexity index is 941. The molecule has 0 saturated carbocycles. The van der Waals surface area contributed by atoms with Crippen molar-refractivity contribution in [3.63, 3.8) is 0 Å². The summed E-state index contributed by atoms with van der Waals surface area (Å²) in [6.07, 6.45) is -3.28. The molecule has 1 aromatic carbocycles. The first-order valence-corrected chi connectivity index (χ1v) is 9.65. The summed E-state index contributed by atoms with van der Waals surface area (Å²) >= 11 is 23.1. The Morgan fingerprint density at radius 1 is 1.17 bits per heavy atom. The monoisotopic (exact) mass is 484 g/mol. The fraction of sp³-hybridized carbons (Fsp3) is 0.235. The Hall–Kier alpha value is -1.81. The van der Waals surface area contributed by atoms with E-state index in [9.17, 15) is 18.0 Å². The van der Waals surface area contributed by atoms with Crippen molar-refractivity contribution in [3.8, 4) is 0 Å². The number of nitrogens with one attached hydrogen (secondary N) is 3. The number of halogens is 6. The molecule has 1 aromatic heterocycles. The Balaban J connectivity index is 2.16. The minimum absolute atomic E-state index is 0.156. The maximum Gasteiger partial charge on any atom is 0.417 e. The number of thiocarbonyl (C=S) groups is 1. The van der Waals surface area contributed by atoms with E-state index in [1.807, 2.05) is 6.92 Å². The number of amides is 1. The number of anilines is 2. The summed E-state index contributed by atoms with van der Waals surface area (Å²) in [6.45, 7) is 2.60. The van der Waals surface area contributed by atoms with Crippen LogP contribution in [0.2, 0.25) is 15.1 Å². The molecule has 0 spiro atoms. The zero-order valence-electron chi connectivity index (χ0n) is 14.8. The standard InChI is InChI=1S/C17H14Cl3F3N4OS/c1-2-3-24-12-6-9(18)5-11(20)13(12)26-16(29)27-15(28)14-10(19)4-8(7-25-14)17(21,22)23/h4-7,24H,2-3H2,1H3,(H2,26,27,28,29). The van der Waals surface area contributed by atoms with E-state index in [1.165, 1.54) is 6.07 Å². The van der Waals surface area contributed by atoms with E-state index in [4.69, 9.17) is 47.0 Å². The molecule has 29 heavy (non-hydrogen) atoms. The number of nitrogens with zero attached hydrogens (tertiary/aromatic N) is 1. The van der Waals surface area contributed by atoms with Gasteiger partial charge in [0, 0.05) is 17.8 Å². The predicted molar refractivity (Wildman–Crippen MR) is 113 cm³/mol. The van der Waals surface area contributed by atoms with E-state index in [0.717, 1.165) is 6.42 Å². The number of aromatic nitrogens is 1. The Morgan fingerprint density at radius 3 is 2.45 bits per heavy atom. The summed E-state index contributed by atoms with van der Waals surface area (Å²) in [4.78, 5) is 15.8. The van der Waals surface area contributed by atoms with Gasteiger partial charge < -0.3 is 10.6 Å². The van der Waals surface area contributed by atoms with Crippen LogP contribution in [0.1, 0.15) is 29.4 Å². The largest absolute Gasteiger partial charge is 0.417 e. The van der Waals surface area contributed by atoms with Crippen LogP contribution in [0.3, 0.4) is 0 Å². The summed E-state index contributed by atoms with van der Waals surface area (Å²) in [5.74, 6) is -0.880. The first kappa shape index (κ1) is 23.5. The average Bonchev–Trinajstić information content (AvgIpc) is 2.61. The molecule has 5 nitrogen and oxygen atoms in total. The number of rotatable bonds is 5. The highest BCUT2D eigenvalue weighted by Crippen LogP contribution is 2.34. The van der Waals surface area contributed by atoms with Crippen LogP contribution < -0.4 is 16.0 Å². The number of pyridine rings is 1. The maximum atomic E-state index is 12.7. The second-order valence-corrected chi connectivity index (χ2v) is 7.36. The van der Waals surface area contributed by atoms with Gasteiger partial charge in [-0.05, 0) is 36.8 Å². The van der Waals surface area contributed by atoms with Gasteiger partial charge in [0.1, 0.15) is 5.69 Å². The van der Waals surface area contributed by atoms with Crippen LogP contribution in [-0.2, 0) is 6.18 Å². The third-order valence-electron chi connectivity index (χ3n) is 3.47. The molecule has 12 heteroatoms. The van der Waals surface area contributed by atoms with Crippen LogP contribution in [0.4, 0.5) is 24.5 Å². The summed E-state index contributed by atoms with van der Waals surface area (Å²) < 4.78 is 38.1. The molecule has 0 aliphatic carbocycles.